The van der Waals surface area contributed by atoms with Crippen LogP contribution in [0.25, 0.3) is 0 Å². The highest BCUT2D eigenvalue weighted by Gasteiger charge is 2.21. The van der Waals surface area contributed by atoms with Gasteiger partial charge >= 0.3 is 0 Å². The van der Waals surface area contributed by atoms with Crippen LogP contribution < -0.4 is 0 Å². The summed E-state index contributed by atoms with van der Waals surface area (Å²) in [5.74, 6) is 1.11. The molecule has 0 N–H and O–H groups in total. The number of benzene rings is 1. The Morgan fingerprint density at radius 3 is 1.62 bits per heavy atom. The molecule has 0 aromatic heterocycles. The number of rotatable bonds is 1. The molecule has 0 radical (unpaired) electrons. The molecule has 26 heavy (non-hydrogen) atoms. The predicted molar refractivity (Wildman–Crippen MR) is 121 cm³/mol. The second-order valence-electron chi connectivity index (χ2n) is 8.66. The fraction of sp³-hybridized carbons (Fsp3) is 0.760. The van der Waals surface area contributed by atoms with Gasteiger partial charge in [-0.25, -0.2) is 0 Å². The summed E-state index contributed by atoms with van der Waals surface area (Å²) in [6.45, 7) is 4.24. The quantitative estimate of drug-likeness (QED) is 0.433. The second-order valence-corrected chi connectivity index (χ2v) is 10.3. The van der Waals surface area contributed by atoms with E-state index in [4.69, 9.17) is 0 Å². The summed E-state index contributed by atoms with van der Waals surface area (Å²) in [7, 11) is 1.30. The van der Waals surface area contributed by atoms with Gasteiger partial charge in [-0.1, -0.05) is 88.5 Å². The molecule has 2 atom stereocenters. The van der Waals surface area contributed by atoms with E-state index in [1.807, 2.05) is 0 Å². The molecule has 1 heteroatoms. The number of hydrogen-bond acceptors (Lipinski definition) is 0. The molecule has 1 heterocycles. The van der Waals surface area contributed by atoms with E-state index in [-0.39, 0.29) is 0 Å². The van der Waals surface area contributed by atoms with Crippen molar-refractivity contribution in [3.05, 3.63) is 35.4 Å². The van der Waals surface area contributed by atoms with Crippen LogP contribution in [0.2, 0.25) is 0 Å². The van der Waals surface area contributed by atoms with Gasteiger partial charge < -0.3 is 0 Å². The Hall–Kier alpha value is -0.350. The average Bonchev–Trinajstić information content (AvgIpc) is 2.87. The Labute approximate surface area is 165 Å². The maximum atomic E-state index is 2.12. The highest BCUT2D eigenvalue weighted by Crippen LogP contribution is 2.38. The van der Waals surface area contributed by atoms with Gasteiger partial charge in [0.25, 0.3) is 0 Å². The molecule has 0 bridgehead atoms. The first-order valence-electron chi connectivity index (χ1n) is 11.5. The maximum Gasteiger partial charge on any atom is -0.0208 e. The van der Waals surface area contributed by atoms with Crippen molar-refractivity contribution in [3.8, 4) is 0 Å². The molecule has 1 aliphatic carbocycles. The van der Waals surface area contributed by atoms with Crippen LogP contribution >= 0.6 is 8.58 Å². The summed E-state index contributed by atoms with van der Waals surface area (Å²) in [6.07, 6.45) is 23.0. The minimum atomic E-state index is 1.11. The zero-order valence-corrected chi connectivity index (χ0v) is 18.6. The van der Waals surface area contributed by atoms with E-state index in [0.29, 0.717) is 0 Å². The number of aryl methyl sites for hydroxylation is 2. The third kappa shape index (κ3) is 9.03. The van der Waals surface area contributed by atoms with Gasteiger partial charge in [-0.05, 0) is 68.4 Å². The van der Waals surface area contributed by atoms with Crippen molar-refractivity contribution in [1.82, 2.24) is 0 Å². The zero-order valence-electron chi connectivity index (χ0n) is 17.6. The highest BCUT2D eigenvalue weighted by atomic mass is 31.1. The molecule has 0 spiro atoms. The van der Waals surface area contributed by atoms with E-state index in [9.17, 15) is 0 Å². The predicted octanol–water partition coefficient (Wildman–Crippen LogP) is 8.44. The van der Waals surface area contributed by atoms with Crippen LogP contribution in [0.1, 0.15) is 101 Å². The fourth-order valence-corrected chi connectivity index (χ4v) is 6.44. The molecule has 3 rings (SSSR count). The molecule has 1 saturated heterocycles. The Bertz CT molecular complexity index is 404. The first-order chi connectivity index (χ1) is 12.8. The summed E-state index contributed by atoms with van der Waals surface area (Å²) in [4.78, 5) is 0. The van der Waals surface area contributed by atoms with Gasteiger partial charge in [-0.15, -0.1) is 8.58 Å². The molecular formula is C25H43P. The molecule has 1 aliphatic heterocycles. The van der Waals surface area contributed by atoms with E-state index in [2.05, 4.69) is 38.1 Å². The van der Waals surface area contributed by atoms with Crippen LogP contribution in [0.15, 0.2) is 24.3 Å². The summed E-state index contributed by atoms with van der Waals surface area (Å²) >= 11 is 0. The van der Waals surface area contributed by atoms with Crippen molar-refractivity contribution in [2.45, 2.75) is 109 Å². The molecule has 0 amide bonds. The third-order valence-corrected chi connectivity index (χ3v) is 8.42. The van der Waals surface area contributed by atoms with Crippen molar-refractivity contribution in [3.63, 3.8) is 0 Å². The van der Waals surface area contributed by atoms with E-state index < -0.39 is 0 Å². The largest absolute Gasteiger partial charge is 0.119 e. The van der Waals surface area contributed by atoms with Crippen molar-refractivity contribution in [1.29, 1.82) is 0 Å². The van der Waals surface area contributed by atoms with E-state index >= 15 is 0 Å². The van der Waals surface area contributed by atoms with Crippen molar-refractivity contribution in [2.75, 3.05) is 6.16 Å². The average molecular weight is 375 g/mol. The summed E-state index contributed by atoms with van der Waals surface area (Å²) in [5.41, 5.74) is 3.86. The summed E-state index contributed by atoms with van der Waals surface area (Å²) in [6, 6.07) is 8.36. The lowest BCUT2D eigenvalue weighted by Crippen LogP contribution is -2.17. The molecule has 0 nitrogen and oxygen atoms in total. The fourth-order valence-electron chi connectivity index (χ4n) is 4.54. The maximum absolute atomic E-state index is 2.12. The van der Waals surface area contributed by atoms with Gasteiger partial charge in [-0.3, -0.25) is 0 Å². The SMILES string of the molecule is C1CCCCC(C2CCCCCCCP2)CCC1.Cc1ccccc1C. The van der Waals surface area contributed by atoms with Gasteiger partial charge in [0.1, 0.15) is 0 Å². The smallest absolute Gasteiger partial charge is 0.0208 e. The lowest BCUT2D eigenvalue weighted by molar-refractivity contribution is 0.392. The van der Waals surface area contributed by atoms with Gasteiger partial charge in [0.2, 0.25) is 0 Å². The van der Waals surface area contributed by atoms with Gasteiger partial charge in [0, 0.05) is 0 Å². The molecule has 2 fully saturated rings. The van der Waals surface area contributed by atoms with Crippen LogP contribution in [0.5, 0.6) is 0 Å². The minimum Gasteiger partial charge on any atom is -0.119 e. The first-order valence-corrected chi connectivity index (χ1v) is 12.8. The standard InChI is InChI=1S/C17H33P.C8H10/c1-2-5-9-13-16(12-8-4-1)17-14-10-6-3-7-11-15-18-17;1-7-5-3-4-6-8(7)2/h16-18H,1-15H2;3-6H,1-2H3. The van der Waals surface area contributed by atoms with Gasteiger partial charge in [-0.2, -0.15) is 0 Å². The van der Waals surface area contributed by atoms with Crippen molar-refractivity contribution >= 4 is 8.58 Å². The van der Waals surface area contributed by atoms with Crippen LogP contribution in [0, 0.1) is 19.8 Å². The van der Waals surface area contributed by atoms with Crippen LogP contribution in [-0.2, 0) is 0 Å². The minimum absolute atomic E-state index is 1.11. The van der Waals surface area contributed by atoms with Crippen molar-refractivity contribution < 1.29 is 0 Å². The molecular weight excluding hydrogens is 331 g/mol. The highest BCUT2D eigenvalue weighted by molar-refractivity contribution is 7.38. The topological polar surface area (TPSA) is 0 Å². The van der Waals surface area contributed by atoms with Gasteiger partial charge in [0.15, 0.2) is 0 Å². The lowest BCUT2D eigenvalue weighted by Gasteiger charge is -2.27. The van der Waals surface area contributed by atoms with Gasteiger partial charge in [0.05, 0.1) is 0 Å². The molecule has 1 aromatic rings. The summed E-state index contributed by atoms with van der Waals surface area (Å²) < 4.78 is 0. The Morgan fingerprint density at radius 2 is 1.08 bits per heavy atom. The summed E-state index contributed by atoms with van der Waals surface area (Å²) in [5, 5.41) is 0. The second kappa shape index (κ2) is 13.8. The number of hydrogen-bond donors (Lipinski definition) is 0. The third-order valence-electron chi connectivity index (χ3n) is 6.49. The molecule has 2 unspecified atom stereocenters. The molecule has 1 aromatic carbocycles. The van der Waals surface area contributed by atoms with E-state index in [1.54, 1.807) is 25.4 Å². The Balaban J connectivity index is 0.000000254. The normalized spacial score (nSPS) is 24.8. The van der Waals surface area contributed by atoms with E-state index in [0.717, 1.165) is 11.6 Å². The first kappa shape index (κ1) is 21.9. The Morgan fingerprint density at radius 1 is 0.615 bits per heavy atom. The molecule has 1 saturated carbocycles. The zero-order chi connectivity index (χ0) is 18.5. The lowest BCUT2D eigenvalue weighted by atomic mass is 9.90. The Kier molecular flexibility index (Phi) is 11.6. The monoisotopic (exact) mass is 374 g/mol. The van der Waals surface area contributed by atoms with Crippen molar-refractivity contribution in [2.24, 2.45) is 5.92 Å². The van der Waals surface area contributed by atoms with Crippen LogP contribution in [-0.4, -0.2) is 11.8 Å². The van der Waals surface area contributed by atoms with Crippen LogP contribution in [0.4, 0.5) is 0 Å². The van der Waals surface area contributed by atoms with Crippen LogP contribution in [0.3, 0.4) is 0 Å². The molecule has 2 aliphatic rings. The van der Waals surface area contributed by atoms with E-state index in [1.165, 1.54) is 90.3 Å². The molecule has 148 valence electrons.